The fourth-order valence-electron chi connectivity index (χ4n) is 2.14. The van der Waals surface area contributed by atoms with Gasteiger partial charge in [-0.05, 0) is 25.0 Å². The number of hydrogen-bond donors (Lipinski definition) is 2. The Morgan fingerprint density at radius 2 is 2.33 bits per heavy atom. The van der Waals surface area contributed by atoms with Gasteiger partial charge in [-0.3, -0.25) is 4.98 Å². The Balaban J connectivity index is 2.21. The van der Waals surface area contributed by atoms with Crippen LogP contribution >= 0.6 is 0 Å². The number of aliphatic hydroxyl groups is 1. The molecular formula is C11H16N2O2. The van der Waals surface area contributed by atoms with E-state index in [1.807, 2.05) is 12.1 Å². The SMILES string of the molecule is COc1ccc(C2(CN)CC(O)C2)nc1. The van der Waals surface area contributed by atoms with Crippen LogP contribution in [0.25, 0.3) is 0 Å². The molecule has 0 radical (unpaired) electrons. The summed E-state index contributed by atoms with van der Waals surface area (Å²) in [4.78, 5) is 4.33. The minimum absolute atomic E-state index is 0.119. The van der Waals surface area contributed by atoms with Gasteiger partial charge >= 0.3 is 0 Å². The Labute approximate surface area is 89.1 Å². The van der Waals surface area contributed by atoms with Gasteiger partial charge in [-0.15, -0.1) is 0 Å². The zero-order chi connectivity index (χ0) is 10.9. The van der Waals surface area contributed by atoms with Gasteiger partial charge in [0, 0.05) is 17.7 Å². The van der Waals surface area contributed by atoms with Gasteiger partial charge in [0.25, 0.3) is 0 Å². The topological polar surface area (TPSA) is 68.4 Å². The standard InChI is InChI=1S/C11H16N2O2/c1-15-9-2-3-10(13-6-9)11(7-12)4-8(14)5-11/h2-3,6,8,14H,4-5,7,12H2,1H3. The van der Waals surface area contributed by atoms with Crippen molar-refractivity contribution in [2.45, 2.75) is 24.4 Å². The quantitative estimate of drug-likeness (QED) is 0.756. The lowest BCUT2D eigenvalue weighted by Gasteiger charge is -2.44. The van der Waals surface area contributed by atoms with Crippen molar-refractivity contribution in [1.29, 1.82) is 0 Å². The number of methoxy groups -OCH3 is 1. The second-order valence-corrected chi connectivity index (χ2v) is 4.13. The fraction of sp³-hybridized carbons (Fsp3) is 0.545. The first kappa shape index (κ1) is 10.4. The van der Waals surface area contributed by atoms with Crippen LogP contribution < -0.4 is 10.5 Å². The number of pyridine rings is 1. The van der Waals surface area contributed by atoms with Gasteiger partial charge < -0.3 is 15.6 Å². The summed E-state index contributed by atoms with van der Waals surface area (Å²) in [7, 11) is 1.61. The zero-order valence-corrected chi connectivity index (χ0v) is 8.81. The van der Waals surface area contributed by atoms with Crippen molar-refractivity contribution in [3.8, 4) is 5.75 Å². The molecule has 0 atom stereocenters. The summed E-state index contributed by atoms with van der Waals surface area (Å²) in [5, 5.41) is 9.37. The summed E-state index contributed by atoms with van der Waals surface area (Å²) in [6.07, 6.45) is 2.89. The number of nitrogens with two attached hydrogens (primary N) is 1. The summed E-state index contributed by atoms with van der Waals surface area (Å²) in [6, 6.07) is 3.81. The van der Waals surface area contributed by atoms with Gasteiger partial charge in [0.2, 0.25) is 0 Å². The molecule has 4 nitrogen and oxygen atoms in total. The van der Waals surface area contributed by atoms with E-state index in [4.69, 9.17) is 10.5 Å². The number of hydrogen-bond acceptors (Lipinski definition) is 4. The lowest BCUT2D eigenvalue weighted by Crippen LogP contribution is -2.50. The second kappa shape index (κ2) is 3.79. The van der Waals surface area contributed by atoms with E-state index in [0.29, 0.717) is 19.4 Å². The van der Waals surface area contributed by atoms with Crippen LogP contribution in [0, 0.1) is 0 Å². The Hall–Kier alpha value is -1.13. The van der Waals surface area contributed by atoms with E-state index >= 15 is 0 Å². The molecule has 1 heterocycles. The molecule has 1 aromatic heterocycles. The normalized spacial score (nSPS) is 29.7. The third-order valence-electron chi connectivity index (χ3n) is 3.16. The first-order chi connectivity index (χ1) is 7.20. The van der Waals surface area contributed by atoms with Crippen molar-refractivity contribution in [3.63, 3.8) is 0 Å². The lowest BCUT2D eigenvalue weighted by molar-refractivity contribution is 0.0200. The summed E-state index contributed by atoms with van der Waals surface area (Å²) >= 11 is 0. The molecule has 1 aliphatic rings. The van der Waals surface area contributed by atoms with Crippen molar-refractivity contribution in [2.24, 2.45) is 5.73 Å². The fourth-order valence-corrected chi connectivity index (χ4v) is 2.14. The minimum Gasteiger partial charge on any atom is -0.495 e. The average molecular weight is 208 g/mol. The maximum absolute atomic E-state index is 9.37. The molecule has 1 fully saturated rings. The summed E-state index contributed by atoms with van der Waals surface area (Å²) in [5.74, 6) is 0.741. The summed E-state index contributed by atoms with van der Waals surface area (Å²) in [5.41, 5.74) is 6.59. The van der Waals surface area contributed by atoms with Crippen LogP contribution in [-0.4, -0.2) is 29.8 Å². The van der Waals surface area contributed by atoms with E-state index < -0.39 is 0 Å². The van der Waals surface area contributed by atoms with Crippen LogP contribution in [0.15, 0.2) is 18.3 Å². The van der Waals surface area contributed by atoms with E-state index in [9.17, 15) is 5.11 Å². The number of aromatic nitrogens is 1. The van der Waals surface area contributed by atoms with E-state index in [0.717, 1.165) is 11.4 Å². The molecule has 15 heavy (non-hydrogen) atoms. The molecule has 4 heteroatoms. The number of rotatable bonds is 3. The van der Waals surface area contributed by atoms with Gasteiger partial charge in [0.15, 0.2) is 0 Å². The molecule has 0 aliphatic heterocycles. The number of ether oxygens (including phenoxy) is 1. The smallest absolute Gasteiger partial charge is 0.137 e. The molecular weight excluding hydrogens is 192 g/mol. The van der Waals surface area contributed by atoms with Crippen molar-refractivity contribution in [3.05, 3.63) is 24.0 Å². The highest BCUT2D eigenvalue weighted by Gasteiger charge is 2.44. The molecule has 2 rings (SSSR count). The van der Waals surface area contributed by atoms with Crippen LogP contribution in [-0.2, 0) is 5.41 Å². The molecule has 0 unspecified atom stereocenters. The number of aliphatic hydroxyl groups excluding tert-OH is 1. The first-order valence-electron chi connectivity index (χ1n) is 5.09. The molecule has 82 valence electrons. The van der Waals surface area contributed by atoms with Crippen molar-refractivity contribution < 1.29 is 9.84 Å². The van der Waals surface area contributed by atoms with Crippen LogP contribution in [0.2, 0.25) is 0 Å². The Bertz CT molecular complexity index is 331. The average Bonchev–Trinajstić information content (AvgIpc) is 2.25. The molecule has 0 saturated heterocycles. The van der Waals surface area contributed by atoms with Crippen LogP contribution in [0.3, 0.4) is 0 Å². The maximum atomic E-state index is 9.37. The van der Waals surface area contributed by atoms with Gasteiger partial charge in [0.1, 0.15) is 5.75 Å². The van der Waals surface area contributed by atoms with Gasteiger partial charge in [0.05, 0.1) is 19.4 Å². The Morgan fingerprint density at radius 1 is 1.60 bits per heavy atom. The zero-order valence-electron chi connectivity index (χ0n) is 8.81. The maximum Gasteiger partial charge on any atom is 0.137 e. The van der Waals surface area contributed by atoms with Crippen molar-refractivity contribution >= 4 is 0 Å². The minimum atomic E-state index is -0.225. The van der Waals surface area contributed by atoms with E-state index in [1.165, 1.54) is 0 Å². The molecule has 0 spiro atoms. The largest absolute Gasteiger partial charge is 0.495 e. The molecule has 1 saturated carbocycles. The van der Waals surface area contributed by atoms with Crippen LogP contribution in [0.5, 0.6) is 5.75 Å². The highest BCUT2D eigenvalue weighted by molar-refractivity contribution is 5.28. The third-order valence-corrected chi connectivity index (χ3v) is 3.16. The van der Waals surface area contributed by atoms with Gasteiger partial charge in [-0.2, -0.15) is 0 Å². The van der Waals surface area contributed by atoms with Crippen LogP contribution in [0.4, 0.5) is 0 Å². The van der Waals surface area contributed by atoms with Crippen molar-refractivity contribution in [1.82, 2.24) is 4.98 Å². The number of nitrogens with zero attached hydrogens (tertiary/aromatic N) is 1. The third kappa shape index (κ3) is 1.70. The molecule has 3 N–H and O–H groups in total. The summed E-state index contributed by atoms with van der Waals surface area (Å²) < 4.78 is 5.05. The highest BCUT2D eigenvalue weighted by atomic mass is 16.5. The second-order valence-electron chi connectivity index (χ2n) is 4.13. The molecule has 0 aromatic carbocycles. The highest BCUT2D eigenvalue weighted by Crippen LogP contribution is 2.42. The van der Waals surface area contributed by atoms with Gasteiger partial charge in [-0.1, -0.05) is 0 Å². The molecule has 1 aliphatic carbocycles. The molecule has 0 amide bonds. The van der Waals surface area contributed by atoms with E-state index in [1.54, 1.807) is 13.3 Å². The van der Waals surface area contributed by atoms with Crippen molar-refractivity contribution in [2.75, 3.05) is 13.7 Å². The van der Waals surface area contributed by atoms with Crippen LogP contribution in [0.1, 0.15) is 18.5 Å². The first-order valence-corrected chi connectivity index (χ1v) is 5.09. The van der Waals surface area contributed by atoms with Gasteiger partial charge in [-0.25, -0.2) is 0 Å². The van der Waals surface area contributed by atoms with E-state index in [-0.39, 0.29) is 11.5 Å². The Morgan fingerprint density at radius 3 is 2.73 bits per heavy atom. The molecule has 1 aromatic rings. The molecule has 0 bridgehead atoms. The lowest BCUT2D eigenvalue weighted by atomic mass is 9.64. The predicted octanol–water partition coefficient (Wildman–Crippen LogP) is 0.441. The predicted molar refractivity (Wildman–Crippen MR) is 56.8 cm³/mol. The monoisotopic (exact) mass is 208 g/mol. The Kier molecular flexibility index (Phi) is 2.63. The van der Waals surface area contributed by atoms with E-state index in [2.05, 4.69) is 4.98 Å². The summed E-state index contributed by atoms with van der Waals surface area (Å²) in [6.45, 7) is 0.531.